The molecule has 0 bridgehead atoms. The number of nitrogens with zero attached hydrogens (tertiary/aromatic N) is 3. The van der Waals surface area contributed by atoms with Gasteiger partial charge in [0.1, 0.15) is 0 Å². The molecule has 0 aliphatic rings. The van der Waals surface area contributed by atoms with Gasteiger partial charge in [-0.1, -0.05) is 6.07 Å². The predicted molar refractivity (Wildman–Crippen MR) is 70.8 cm³/mol. The van der Waals surface area contributed by atoms with E-state index in [1.807, 2.05) is 6.07 Å². The lowest BCUT2D eigenvalue weighted by Gasteiger charge is -2.05. The van der Waals surface area contributed by atoms with Crippen molar-refractivity contribution in [2.75, 3.05) is 12.8 Å². The lowest BCUT2D eigenvalue weighted by atomic mass is 10.1. The summed E-state index contributed by atoms with van der Waals surface area (Å²) in [5.41, 5.74) is 8.07. The van der Waals surface area contributed by atoms with Crippen molar-refractivity contribution in [2.45, 2.75) is 23.9 Å². The molecule has 0 unspecified atom stereocenters. The van der Waals surface area contributed by atoms with Crippen LogP contribution in [0.2, 0.25) is 0 Å². The van der Waals surface area contributed by atoms with E-state index in [1.165, 1.54) is 30.0 Å². The fourth-order valence-electron chi connectivity index (χ4n) is 1.37. The second kappa shape index (κ2) is 5.22. The highest BCUT2D eigenvalue weighted by Gasteiger charge is 2.07. The Morgan fingerprint density at radius 1 is 1.11 bits per heavy atom. The molecule has 0 saturated carbocycles. The highest BCUT2D eigenvalue weighted by molar-refractivity contribution is 7.99. The molecule has 2 rings (SSSR count). The molecule has 0 fully saturated rings. The van der Waals surface area contributed by atoms with Crippen LogP contribution < -0.4 is 10.5 Å². The van der Waals surface area contributed by atoms with Gasteiger partial charge in [0.05, 0.1) is 7.11 Å². The van der Waals surface area contributed by atoms with Crippen molar-refractivity contribution in [1.29, 1.82) is 0 Å². The van der Waals surface area contributed by atoms with Crippen molar-refractivity contribution in [3.05, 3.63) is 29.3 Å². The van der Waals surface area contributed by atoms with Crippen molar-refractivity contribution in [1.82, 2.24) is 15.0 Å². The van der Waals surface area contributed by atoms with E-state index in [1.54, 1.807) is 0 Å². The number of methoxy groups -OCH3 is 1. The van der Waals surface area contributed by atoms with Crippen LogP contribution in [0.1, 0.15) is 11.1 Å². The second-order valence-electron chi connectivity index (χ2n) is 3.81. The van der Waals surface area contributed by atoms with Gasteiger partial charge in [-0.3, -0.25) is 0 Å². The fraction of sp³-hybridized carbons (Fsp3) is 0.250. The van der Waals surface area contributed by atoms with Crippen LogP contribution in [0.5, 0.6) is 6.01 Å². The smallest absolute Gasteiger partial charge is 0.321 e. The molecule has 0 amide bonds. The molecule has 0 radical (unpaired) electrons. The molecular weight excluding hydrogens is 248 g/mol. The zero-order chi connectivity index (χ0) is 13.1. The second-order valence-corrected chi connectivity index (χ2v) is 4.85. The fourth-order valence-corrected chi connectivity index (χ4v) is 2.22. The minimum Gasteiger partial charge on any atom is -0.467 e. The van der Waals surface area contributed by atoms with Crippen LogP contribution in [-0.2, 0) is 0 Å². The van der Waals surface area contributed by atoms with E-state index in [2.05, 4.69) is 40.9 Å². The molecule has 0 aliphatic heterocycles. The van der Waals surface area contributed by atoms with E-state index in [0.29, 0.717) is 5.16 Å². The largest absolute Gasteiger partial charge is 0.467 e. The van der Waals surface area contributed by atoms with Gasteiger partial charge in [-0.05, 0) is 48.9 Å². The summed E-state index contributed by atoms with van der Waals surface area (Å²) in [6.07, 6.45) is 0. The number of benzene rings is 1. The van der Waals surface area contributed by atoms with Gasteiger partial charge >= 0.3 is 6.01 Å². The third kappa shape index (κ3) is 2.89. The molecule has 0 spiro atoms. The van der Waals surface area contributed by atoms with Crippen molar-refractivity contribution in [3.63, 3.8) is 0 Å². The summed E-state index contributed by atoms with van der Waals surface area (Å²) < 4.78 is 4.96. The number of rotatable bonds is 3. The Bertz CT molecular complexity index is 574. The minimum atomic E-state index is 0.160. The monoisotopic (exact) mass is 262 g/mol. The molecule has 94 valence electrons. The van der Waals surface area contributed by atoms with Gasteiger partial charge in [-0.2, -0.15) is 15.0 Å². The SMILES string of the molecule is COc1nc(N)nc(Sc2ccc(C)c(C)c2)n1. The van der Waals surface area contributed by atoms with Crippen LogP contribution in [0.3, 0.4) is 0 Å². The number of anilines is 1. The molecule has 1 aromatic carbocycles. The number of hydrogen-bond donors (Lipinski definition) is 1. The molecule has 0 atom stereocenters. The number of hydrogen-bond acceptors (Lipinski definition) is 6. The van der Waals surface area contributed by atoms with E-state index < -0.39 is 0 Å². The Morgan fingerprint density at radius 2 is 1.89 bits per heavy atom. The first kappa shape index (κ1) is 12.6. The third-order valence-corrected chi connectivity index (χ3v) is 3.34. The molecule has 0 saturated heterocycles. The normalized spacial score (nSPS) is 10.4. The maximum absolute atomic E-state index is 5.59. The Morgan fingerprint density at radius 3 is 2.56 bits per heavy atom. The maximum atomic E-state index is 5.59. The Labute approximate surface area is 110 Å². The molecule has 5 nitrogen and oxygen atoms in total. The van der Waals surface area contributed by atoms with Gasteiger partial charge in [0.25, 0.3) is 0 Å². The zero-order valence-corrected chi connectivity index (χ0v) is 11.3. The summed E-state index contributed by atoms with van der Waals surface area (Å²) in [7, 11) is 1.50. The molecular formula is C12H14N4OS. The number of ether oxygens (including phenoxy) is 1. The van der Waals surface area contributed by atoms with E-state index in [0.717, 1.165) is 4.90 Å². The average molecular weight is 262 g/mol. The first-order valence-corrected chi connectivity index (χ1v) is 6.21. The summed E-state index contributed by atoms with van der Waals surface area (Å²) in [4.78, 5) is 13.1. The summed E-state index contributed by atoms with van der Waals surface area (Å²) >= 11 is 1.43. The summed E-state index contributed by atoms with van der Waals surface area (Å²) in [5, 5.41) is 0.530. The molecule has 2 aromatic rings. The summed E-state index contributed by atoms with van der Waals surface area (Å²) in [6, 6.07) is 6.42. The lowest BCUT2D eigenvalue weighted by Crippen LogP contribution is -2.01. The summed E-state index contributed by atoms with van der Waals surface area (Å²) in [6.45, 7) is 4.15. The predicted octanol–water partition coefficient (Wildman–Crippen LogP) is 2.23. The third-order valence-electron chi connectivity index (χ3n) is 2.48. The van der Waals surface area contributed by atoms with Crippen LogP contribution in [0.25, 0.3) is 0 Å². The Balaban J connectivity index is 2.27. The van der Waals surface area contributed by atoms with E-state index >= 15 is 0 Å². The van der Waals surface area contributed by atoms with Crippen LogP contribution >= 0.6 is 11.8 Å². The van der Waals surface area contributed by atoms with Crippen LogP contribution in [0.4, 0.5) is 5.95 Å². The lowest BCUT2D eigenvalue weighted by molar-refractivity contribution is 0.374. The van der Waals surface area contributed by atoms with Crippen molar-refractivity contribution >= 4 is 17.7 Å². The topological polar surface area (TPSA) is 73.9 Å². The molecule has 1 heterocycles. The molecule has 0 aliphatic carbocycles. The zero-order valence-electron chi connectivity index (χ0n) is 10.5. The maximum Gasteiger partial charge on any atom is 0.321 e. The minimum absolute atomic E-state index is 0.160. The number of nitrogens with two attached hydrogens (primary N) is 1. The highest BCUT2D eigenvalue weighted by Crippen LogP contribution is 2.27. The molecule has 1 aromatic heterocycles. The number of aromatic nitrogens is 3. The average Bonchev–Trinajstić information content (AvgIpc) is 2.33. The Kier molecular flexibility index (Phi) is 3.66. The van der Waals surface area contributed by atoms with Gasteiger partial charge < -0.3 is 10.5 Å². The molecule has 2 N–H and O–H groups in total. The molecule has 18 heavy (non-hydrogen) atoms. The number of nitrogen functional groups attached to an aromatic ring is 1. The van der Waals surface area contributed by atoms with Gasteiger partial charge in [0.15, 0.2) is 0 Å². The first-order valence-electron chi connectivity index (χ1n) is 5.39. The van der Waals surface area contributed by atoms with Crippen LogP contribution in [0.15, 0.2) is 28.3 Å². The van der Waals surface area contributed by atoms with Crippen LogP contribution in [-0.4, -0.2) is 22.1 Å². The van der Waals surface area contributed by atoms with E-state index in [9.17, 15) is 0 Å². The van der Waals surface area contributed by atoms with Crippen molar-refractivity contribution in [3.8, 4) is 6.01 Å². The van der Waals surface area contributed by atoms with Gasteiger partial charge in [-0.15, -0.1) is 0 Å². The Hall–Kier alpha value is -1.82. The molecule has 6 heteroatoms. The summed E-state index contributed by atoms with van der Waals surface area (Å²) in [5.74, 6) is 0.160. The number of aryl methyl sites for hydroxylation is 2. The van der Waals surface area contributed by atoms with E-state index in [4.69, 9.17) is 10.5 Å². The van der Waals surface area contributed by atoms with Gasteiger partial charge in [0, 0.05) is 4.90 Å². The standard InChI is InChI=1S/C12H14N4OS/c1-7-4-5-9(6-8(7)2)18-12-15-10(13)14-11(16-12)17-3/h4-6H,1-3H3,(H2,13,14,15,16). The van der Waals surface area contributed by atoms with Crippen LogP contribution in [0, 0.1) is 13.8 Å². The quantitative estimate of drug-likeness (QED) is 0.914. The van der Waals surface area contributed by atoms with E-state index in [-0.39, 0.29) is 12.0 Å². The highest BCUT2D eigenvalue weighted by atomic mass is 32.2. The van der Waals surface area contributed by atoms with Crippen molar-refractivity contribution < 1.29 is 4.74 Å². The van der Waals surface area contributed by atoms with Crippen molar-refractivity contribution in [2.24, 2.45) is 0 Å². The van der Waals surface area contributed by atoms with Gasteiger partial charge in [-0.25, -0.2) is 0 Å². The van der Waals surface area contributed by atoms with Gasteiger partial charge in [0.2, 0.25) is 11.1 Å². The first-order chi connectivity index (χ1) is 8.58.